The second kappa shape index (κ2) is 8.19. The van der Waals surface area contributed by atoms with Crippen molar-refractivity contribution in [3.8, 4) is 0 Å². The van der Waals surface area contributed by atoms with Crippen LogP contribution in [0.2, 0.25) is 0 Å². The number of nitrogens with zero attached hydrogens (tertiary/aromatic N) is 1. The number of likely N-dealkylation sites (tertiary alicyclic amines) is 1. The molecule has 0 aromatic heterocycles. The Balaban J connectivity index is 1.74. The van der Waals surface area contributed by atoms with E-state index in [0.29, 0.717) is 26.2 Å². The first kappa shape index (κ1) is 17.6. The van der Waals surface area contributed by atoms with Gasteiger partial charge >= 0.3 is 18.0 Å². The van der Waals surface area contributed by atoms with Crippen molar-refractivity contribution < 1.29 is 19.5 Å². The molecule has 4 N–H and O–H groups in total. The van der Waals surface area contributed by atoms with Crippen molar-refractivity contribution in [1.82, 2.24) is 20.9 Å². The lowest BCUT2D eigenvalue weighted by atomic mass is 10.1. The second-order valence-corrected chi connectivity index (χ2v) is 5.60. The van der Waals surface area contributed by atoms with Gasteiger partial charge in [-0.15, -0.1) is 0 Å². The highest BCUT2D eigenvalue weighted by molar-refractivity contribution is 5.87. The molecule has 2 rings (SSSR count). The van der Waals surface area contributed by atoms with Crippen LogP contribution in [0.3, 0.4) is 0 Å². The normalized spacial score (nSPS) is 16.5. The highest BCUT2D eigenvalue weighted by Gasteiger charge is 2.26. The van der Waals surface area contributed by atoms with Crippen LogP contribution in [0, 0.1) is 0 Å². The van der Waals surface area contributed by atoms with Crippen molar-refractivity contribution in [2.24, 2.45) is 0 Å². The highest BCUT2D eigenvalue weighted by Crippen LogP contribution is 2.09. The molecule has 1 heterocycles. The van der Waals surface area contributed by atoms with Crippen LogP contribution >= 0.6 is 0 Å². The zero-order valence-corrected chi connectivity index (χ0v) is 13.5. The number of carboxylic acids is 1. The van der Waals surface area contributed by atoms with Gasteiger partial charge in [0.25, 0.3) is 0 Å². The Labute approximate surface area is 140 Å². The molecule has 0 aliphatic carbocycles. The molecule has 8 heteroatoms. The molecule has 1 saturated heterocycles. The van der Waals surface area contributed by atoms with Crippen molar-refractivity contribution in [3.05, 3.63) is 35.4 Å². The van der Waals surface area contributed by atoms with E-state index in [9.17, 15) is 14.4 Å². The number of aromatic carboxylic acids is 1. The van der Waals surface area contributed by atoms with Gasteiger partial charge in [-0.2, -0.15) is 0 Å². The standard InChI is InChI=1S/C16H22N4O4/c1-2-17-16(24)20-8-7-13(10-20)19-15(23)18-9-11-3-5-12(6-4-11)14(21)22/h3-6,13H,2,7-10H2,1H3,(H,17,24)(H,21,22)(H2,18,19,23). The lowest BCUT2D eigenvalue weighted by Gasteiger charge is -2.17. The fraction of sp³-hybridized carbons (Fsp3) is 0.438. The smallest absolute Gasteiger partial charge is 0.335 e. The molecular formula is C16H22N4O4. The average molecular weight is 334 g/mol. The molecule has 1 fully saturated rings. The summed E-state index contributed by atoms with van der Waals surface area (Å²) in [6.45, 7) is 3.85. The lowest BCUT2D eigenvalue weighted by Crippen LogP contribution is -2.45. The predicted molar refractivity (Wildman–Crippen MR) is 87.8 cm³/mol. The number of carboxylic acid groups (broad SMARTS) is 1. The molecule has 0 spiro atoms. The summed E-state index contributed by atoms with van der Waals surface area (Å²) in [4.78, 5) is 36.1. The molecule has 0 radical (unpaired) electrons. The van der Waals surface area contributed by atoms with Gasteiger partial charge in [0.15, 0.2) is 0 Å². The van der Waals surface area contributed by atoms with E-state index in [1.165, 1.54) is 12.1 Å². The fourth-order valence-electron chi connectivity index (χ4n) is 2.51. The number of urea groups is 2. The molecule has 4 amide bonds. The van der Waals surface area contributed by atoms with Crippen LogP contribution in [0.25, 0.3) is 0 Å². The molecule has 1 atom stereocenters. The third-order valence-electron chi connectivity index (χ3n) is 3.79. The maximum atomic E-state index is 11.9. The number of carbonyl (C=O) groups is 3. The zero-order valence-electron chi connectivity index (χ0n) is 13.5. The Morgan fingerprint density at radius 3 is 2.54 bits per heavy atom. The summed E-state index contributed by atoms with van der Waals surface area (Å²) in [5.74, 6) is -0.981. The average Bonchev–Trinajstić information content (AvgIpc) is 3.02. The largest absolute Gasteiger partial charge is 0.478 e. The Kier molecular flexibility index (Phi) is 6.00. The van der Waals surface area contributed by atoms with Gasteiger partial charge in [-0.25, -0.2) is 14.4 Å². The van der Waals surface area contributed by atoms with Gasteiger partial charge in [0.2, 0.25) is 0 Å². The number of amides is 4. The van der Waals surface area contributed by atoms with Crippen molar-refractivity contribution in [3.63, 3.8) is 0 Å². The minimum absolute atomic E-state index is 0.0676. The number of rotatable bonds is 5. The molecule has 0 bridgehead atoms. The molecule has 1 aromatic rings. The predicted octanol–water partition coefficient (Wildman–Crippen LogP) is 0.988. The van der Waals surface area contributed by atoms with Crippen LogP contribution in [0.15, 0.2) is 24.3 Å². The molecule has 0 saturated carbocycles. The molecule has 1 aliphatic heterocycles. The van der Waals surface area contributed by atoms with Crippen molar-refractivity contribution in [1.29, 1.82) is 0 Å². The van der Waals surface area contributed by atoms with E-state index >= 15 is 0 Å². The van der Waals surface area contributed by atoms with Crippen molar-refractivity contribution >= 4 is 18.0 Å². The first-order valence-corrected chi connectivity index (χ1v) is 7.89. The van der Waals surface area contributed by atoms with Crippen LogP contribution in [-0.2, 0) is 6.54 Å². The summed E-state index contributed by atoms with van der Waals surface area (Å²) in [6.07, 6.45) is 0.720. The van der Waals surface area contributed by atoms with Gasteiger partial charge < -0.3 is 26.0 Å². The minimum Gasteiger partial charge on any atom is -0.478 e. The number of nitrogens with one attached hydrogen (secondary N) is 3. The SMILES string of the molecule is CCNC(=O)N1CCC(NC(=O)NCc2ccc(C(=O)O)cc2)C1. The Morgan fingerprint density at radius 2 is 1.92 bits per heavy atom. The van der Waals surface area contributed by atoms with E-state index in [1.807, 2.05) is 6.92 Å². The van der Waals surface area contributed by atoms with Gasteiger partial charge in [0.05, 0.1) is 5.56 Å². The molecular weight excluding hydrogens is 312 g/mol. The molecule has 1 aliphatic rings. The van der Waals surface area contributed by atoms with Gasteiger partial charge in [0.1, 0.15) is 0 Å². The summed E-state index contributed by atoms with van der Waals surface area (Å²) in [6, 6.07) is 5.84. The number of hydrogen-bond acceptors (Lipinski definition) is 3. The molecule has 1 aromatic carbocycles. The monoisotopic (exact) mass is 334 g/mol. The number of benzene rings is 1. The van der Waals surface area contributed by atoms with Crippen LogP contribution in [0.4, 0.5) is 9.59 Å². The summed E-state index contributed by atoms with van der Waals surface area (Å²) in [5.41, 5.74) is 1.02. The number of hydrogen-bond donors (Lipinski definition) is 4. The van der Waals surface area contributed by atoms with Crippen LogP contribution < -0.4 is 16.0 Å². The summed E-state index contributed by atoms with van der Waals surface area (Å²) >= 11 is 0. The third-order valence-corrected chi connectivity index (χ3v) is 3.79. The van der Waals surface area contributed by atoms with E-state index in [1.54, 1.807) is 17.0 Å². The lowest BCUT2D eigenvalue weighted by molar-refractivity contribution is 0.0696. The molecule has 24 heavy (non-hydrogen) atoms. The Morgan fingerprint density at radius 1 is 1.21 bits per heavy atom. The fourth-order valence-corrected chi connectivity index (χ4v) is 2.51. The Bertz CT molecular complexity index is 603. The first-order valence-electron chi connectivity index (χ1n) is 7.89. The van der Waals surface area contributed by atoms with E-state index in [4.69, 9.17) is 5.11 Å². The quantitative estimate of drug-likeness (QED) is 0.643. The van der Waals surface area contributed by atoms with E-state index in [0.717, 1.165) is 12.0 Å². The van der Waals surface area contributed by atoms with Gasteiger partial charge in [-0.05, 0) is 31.0 Å². The van der Waals surface area contributed by atoms with Crippen LogP contribution in [-0.4, -0.2) is 53.7 Å². The minimum atomic E-state index is -0.981. The summed E-state index contributed by atoms with van der Waals surface area (Å²) in [7, 11) is 0. The summed E-state index contributed by atoms with van der Waals surface area (Å²) in [5, 5.41) is 17.1. The molecule has 1 unspecified atom stereocenters. The first-order chi connectivity index (χ1) is 11.5. The van der Waals surface area contributed by atoms with E-state index in [-0.39, 0.29) is 23.7 Å². The second-order valence-electron chi connectivity index (χ2n) is 5.60. The maximum Gasteiger partial charge on any atom is 0.335 e. The van der Waals surface area contributed by atoms with E-state index < -0.39 is 5.97 Å². The van der Waals surface area contributed by atoms with Crippen molar-refractivity contribution in [2.75, 3.05) is 19.6 Å². The van der Waals surface area contributed by atoms with Gasteiger partial charge in [0, 0.05) is 32.2 Å². The maximum absolute atomic E-state index is 11.9. The van der Waals surface area contributed by atoms with Crippen LogP contribution in [0.5, 0.6) is 0 Å². The summed E-state index contributed by atoms with van der Waals surface area (Å²) < 4.78 is 0. The zero-order chi connectivity index (χ0) is 17.5. The Hall–Kier alpha value is -2.77. The van der Waals surface area contributed by atoms with Gasteiger partial charge in [-0.3, -0.25) is 0 Å². The topological polar surface area (TPSA) is 111 Å². The van der Waals surface area contributed by atoms with E-state index in [2.05, 4.69) is 16.0 Å². The molecule has 130 valence electrons. The van der Waals surface area contributed by atoms with Crippen molar-refractivity contribution in [2.45, 2.75) is 25.9 Å². The third kappa shape index (κ3) is 4.87. The molecule has 8 nitrogen and oxygen atoms in total. The highest BCUT2D eigenvalue weighted by atomic mass is 16.4. The van der Waals surface area contributed by atoms with Gasteiger partial charge in [-0.1, -0.05) is 12.1 Å². The van der Waals surface area contributed by atoms with Crippen LogP contribution in [0.1, 0.15) is 29.3 Å². The number of carbonyl (C=O) groups excluding carboxylic acids is 2.